The molecule has 0 unspecified atom stereocenters. The van der Waals surface area contributed by atoms with Crippen molar-refractivity contribution in [3.63, 3.8) is 0 Å². The summed E-state index contributed by atoms with van der Waals surface area (Å²) in [6, 6.07) is 0.172. The lowest BCUT2D eigenvalue weighted by Crippen LogP contribution is -2.44. The molecule has 0 saturated heterocycles. The van der Waals surface area contributed by atoms with Crippen LogP contribution >= 0.6 is 11.8 Å². The van der Waals surface area contributed by atoms with Gasteiger partial charge < -0.3 is 15.7 Å². The average Bonchev–Trinajstić information content (AvgIpc) is 2.39. The van der Waals surface area contributed by atoms with Crippen molar-refractivity contribution in [2.75, 3.05) is 12.8 Å². The molecule has 0 spiro atoms. The fourth-order valence-electron chi connectivity index (χ4n) is 2.28. The summed E-state index contributed by atoms with van der Waals surface area (Å²) in [4.78, 5) is 21.9. The van der Waals surface area contributed by atoms with Gasteiger partial charge in [-0.1, -0.05) is 0 Å². The van der Waals surface area contributed by atoms with Crippen molar-refractivity contribution in [2.45, 2.75) is 56.2 Å². The van der Waals surface area contributed by atoms with Crippen LogP contribution in [0.15, 0.2) is 0 Å². The van der Waals surface area contributed by atoms with E-state index in [1.165, 1.54) is 12.8 Å². The SMILES string of the molecule is CSC1CCC(NC(=O)NCCCCC(=O)O)CC1. The molecule has 0 aromatic heterocycles. The Morgan fingerprint density at radius 2 is 1.89 bits per heavy atom. The molecule has 0 heterocycles. The number of carboxylic acids is 1. The summed E-state index contributed by atoms with van der Waals surface area (Å²) in [5.74, 6) is -0.782. The smallest absolute Gasteiger partial charge is 0.315 e. The maximum atomic E-state index is 11.6. The van der Waals surface area contributed by atoms with E-state index in [1.54, 1.807) is 0 Å². The van der Waals surface area contributed by atoms with Gasteiger partial charge in [0.25, 0.3) is 0 Å². The van der Waals surface area contributed by atoms with Gasteiger partial charge in [-0.15, -0.1) is 0 Å². The van der Waals surface area contributed by atoms with E-state index in [0.717, 1.165) is 18.1 Å². The van der Waals surface area contributed by atoms with Gasteiger partial charge in [0.15, 0.2) is 0 Å². The molecular formula is C13H24N2O3S. The Balaban J connectivity index is 2.03. The highest BCUT2D eigenvalue weighted by atomic mass is 32.2. The molecule has 0 aromatic rings. The number of thioether (sulfide) groups is 1. The van der Waals surface area contributed by atoms with Crippen molar-refractivity contribution < 1.29 is 14.7 Å². The molecule has 0 aliphatic heterocycles. The predicted molar refractivity (Wildman–Crippen MR) is 77.6 cm³/mol. The van der Waals surface area contributed by atoms with Crippen LogP contribution in [0.25, 0.3) is 0 Å². The van der Waals surface area contributed by atoms with Gasteiger partial charge in [-0.3, -0.25) is 4.79 Å². The van der Waals surface area contributed by atoms with Crippen LogP contribution in [0.5, 0.6) is 0 Å². The molecule has 1 rings (SSSR count). The van der Waals surface area contributed by atoms with Gasteiger partial charge in [-0.2, -0.15) is 11.8 Å². The highest BCUT2D eigenvalue weighted by molar-refractivity contribution is 7.99. The lowest BCUT2D eigenvalue weighted by atomic mass is 9.95. The van der Waals surface area contributed by atoms with Crippen molar-refractivity contribution in [3.05, 3.63) is 0 Å². The van der Waals surface area contributed by atoms with Crippen LogP contribution in [-0.4, -0.2) is 41.2 Å². The maximum Gasteiger partial charge on any atom is 0.315 e. The topological polar surface area (TPSA) is 78.4 Å². The van der Waals surface area contributed by atoms with Gasteiger partial charge in [-0.05, 0) is 44.8 Å². The molecule has 1 aliphatic rings. The molecule has 110 valence electrons. The van der Waals surface area contributed by atoms with E-state index in [0.29, 0.717) is 25.4 Å². The Morgan fingerprint density at radius 1 is 1.21 bits per heavy atom. The summed E-state index contributed by atoms with van der Waals surface area (Å²) in [6.07, 6.45) is 8.07. The number of carbonyl (C=O) groups excluding carboxylic acids is 1. The Kier molecular flexibility index (Phi) is 7.70. The molecule has 1 saturated carbocycles. The van der Waals surface area contributed by atoms with E-state index in [-0.39, 0.29) is 12.5 Å². The Morgan fingerprint density at radius 3 is 2.47 bits per heavy atom. The quantitative estimate of drug-likeness (QED) is 0.628. The average molecular weight is 288 g/mol. The number of carbonyl (C=O) groups is 2. The minimum absolute atomic E-state index is 0.122. The molecule has 2 amide bonds. The number of aliphatic carboxylic acids is 1. The molecular weight excluding hydrogens is 264 g/mol. The van der Waals surface area contributed by atoms with Gasteiger partial charge >= 0.3 is 12.0 Å². The highest BCUT2D eigenvalue weighted by Gasteiger charge is 2.21. The van der Waals surface area contributed by atoms with Crippen molar-refractivity contribution in [2.24, 2.45) is 0 Å². The molecule has 0 atom stereocenters. The molecule has 0 bridgehead atoms. The van der Waals surface area contributed by atoms with Crippen LogP contribution in [0, 0.1) is 0 Å². The third-order valence-corrected chi connectivity index (χ3v) is 4.58. The van der Waals surface area contributed by atoms with Crippen molar-refractivity contribution in [1.82, 2.24) is 10.6 Å². The van der Waals surface area contributed by atoms with E-state index in [4.69, 9.17) is 5.11 Å². The van der Waals surface area contributed by atoms with E-state index in [9.17, 15) is 9.59 Å². The summed E-state index contributed by atoms with van der Waals surface area (Å²) in [7, 11) is 0. The Labute approximate surface area is 118 Å². The van der Waals surface area contributed by atoms with Crippen LogP contribution in [0.4, 0.5) is 4.79 Å². The van der Waals surface area contributed by atoms with E-state index < -0.39 is 5.97 Å². The Bertz CT molecular complexity index is 292. The van der Waals surface area contributed by atoms with Gasteiger partial charge in [-0.25, -0.2) is 4.79 Å². The molecule has 19 heavy (non-hydrogen) atoms. The summed E-state index contributed by atoms with van der Waals surface area (Å²) < 4.78 is 0. The summed E-state index contributed by atoms with van der Waals surface area (Å²) in [5, 5.41) is 15.0. The summed E-state index contributed by atoms with van der Waals surface area (Å²) >= 11 is 1.91. The van der Waals surface area contributed by atoms with E-state index in [1.807, 2.05) is 11.8 Å². The lowest BCUT2D eigenvalue weighted by molar-refractivity contribution is -0.137. The van der Waals surface area contributed by atoms with Crippen LogP contribution in [0.2, 0.25) is 0 Å². The number of nitrogens with one attached hydrogen (secondary N) is 2. The van der Waals surface area contributed by atoms with Gasteiger partial charge in [0, 0.05) is 24.3 Å². The summed E-state index contributed by atoms with van der Waals surface area (Å²) in [6.45, 7) is 0.541. The first-order valence-corrected chi connectivity index (χ1v) is 8.19. The number of urea groups is 1. The number of carboxylic acid groups (broad SMARTS) is 1. The zero-order valence-corrected chi connectivity index (χ0v) is 12.3. The Hall–Kier alpha value is -0.910. The fourth-order valence-corrected chi connectivity index (χ4v) is 3.03. The number of hydrogen-bond acceptors (Lipinski definition) is 3. The normalized spacial score (nSPS) is 22.8. The molecule has 0 radical (unpaired) electrons. The largest absolute Gasteiger partial charge is 0.481 e. The first-order valence-electron chi connectivity index (χ1n) is 6.90. The van der Waals surface area contributed by atoms with Crippen LogP contribution < -0.4 is 10.6 Å². The molecule has 0 aromatic carbocycles. The molecule has 3 N–H and O–H groups in total. The minimum Gasteiger partial charge on any atom is -0.481 e. The number of hydrogen-bond donors (Lipinski definition) is 3. The fraction of sp³-hybridized carbons (Fsp3) is 0.846. The number of rotatable bonds is 7. The van der Waals surface area contributed by atoms with Crippen molar-refractivity contribution in [3.8, 4) is 0 Å². The zero-order chi connectivity index (χ0) is 14.1. The van der Waals surface area contributed by atoms with Crippen LogP contribution in [-0.2, 0) is 4.79 Å². The maximum absolute atomic E-state index is 11.6. The van der Waals surface area contributed by atoms with Gasteiger partial charge in [0.2, 0.25) is 0 Å². The summed E-state index contributed by atoms with van der Waals surface area (Å²) in [5.41, 5.74) is 0. The van der Waals surface area contributed by atoms with Crippen LogP contribution in [0.3, 0.4) is 0 Å². The van der Waals surface area contributed by atoms with Gasteiger partial charge in [0.05, 0.1) is 0 Å². The minimum atomic E-state index is -0.782. The van der Waals surface area contributed by atoms with Gasteiger partial charge in [0.1, 0.15) is 0 Å². The first-order chi connectivity index (χ1) is 9.11. The molecule has 6 heteroatoms. The predicted octanol–water partition coefficient (Wildman–Crippen LogP) is 2.21. The van der Waals surface area contributed by atoms with Crippen molar-refractivity contribution in [1.29, 1.82) is 0 Å². The second-order valence-corrected chi connectivity index (χ2v) is 6.10. The second-order valence-electron chi connectivity index (χ2n) is 4.96. The monoisotopic (exact) mass is 288 g/mol. The zero-order valence-electron chi connectivity index (χ0n) is 11.5. The standard InChI is InChI=1S/C13H24N2O3S/c1-19-11-7-5-10(6-8-11)15-13(18)14-9-3-2-4-12(16)17/h10-11H,2-9H2,1H3,(H,16,17)(H2,14,15,18). The number of amides is 2. The van der Waals surface area contributed by atoms with Crippen LogP contribution in [0.1, 0.15) is 44.9 Å². The first kappa shape index (κ1) is 16.1. The third-order valence-electron chi connectivity index (χ3n) is 3.45. The molecule has 1 fully saturated rings. The lowest BCUT2D eigenvalue weighted by Gasteiger charge is -2.28. The van der Waals surface area contributed by atoms with E-state index in [2.05, 4.69) is 16.9 Å². The number of unbranched alkanes of at least 4 members (excludes halogenated alkanes) is 1. The second kappa shape index (κ2) is 9.07. The third kappa shape index (κ3) is 7.30. The van der Waals surface area contributed by atoms with E-state index >= 15 is 0 Å². The molecule has 1 aliphatic carbocycles. The molecule has 5 nitrogen and oxygen atoms in total. The highest BCUT2D eigenvalue weighted by Crippen LogP contribution is 2.26. The van der Waals surface area contributed by atoms with Crippen molar-refractivity contribution >= 4 is 23.8 Å².